The van der Waals surface area contributed by atoms with E-state index >= 15 is 0 Å². The lowest BCUT2D eigenvalue weighted by Gasteiger charge is -2.16. The second-order valence-electron chi connectivity index (χ2n) is 5.34. The van der Waals surface area contributed by atoms with Crippen molar-refractivity contribution < 1.29 is 4.79 Å². The number of hydrogen-bond acceptors (Lipinski definition) is 3. The first kappa shape index (κ1) is 14.8. The van der Waals surface area contributed by atoms with Gasteiger partial charge in [-0.2, -0.15) is 0 Å². The largest absolute Gasteiger partial charge is 0.366 e. The summed E-state index contributed by atoms with van der Waals surface area (Å²) in [6.45, 7) is 2.88. The van der Waals surface area contributed by atoms with E-state index in [-0.39, 0.29) is 11.9 Å². The summed E-state index contributed by atoms with van der Waals surface area (Å²) in [5.41, 5.74) is 7.15. The van der Waals surface area contributed by atoms with Crippen LogP contribution in [0.3, 0.4) is 0 Å². The molecular formula is C18H18N2OS. The van der Waals surface area contributed by atoms with Gasteiger partial charge in [0.25, 0.3) is 0 Å². The molecular weight excluding hydrogens is 292 g/mol. The van der Waals surface area contributed by atoms with Crippen LogP contribution in [0, 0.1) is 0 Å². The van der Waals surface area contributed by atoms with Crippen LogP contribution in [0.25, 0.3) is 10.8 Å². The molecule has 0 bridgehead atoms. The average Bonchev–Trinajstić information content (AvgIpc) is 3.01. The van der Waals surface area contributed by atoms with E-state index in [2.05, 4.69) is 54.7 Å². The number of nitrogens with two attached hydrogens (primary N) is 1. The number of nitrogens with one attached hydrogen (secondary N) is 1. The maximum atomic E-state index is 11.1. The maximum Gasteiger partial charge on any atom is 0.249 e. The minimum absolute atomic E-state index is 0.227. The minimum Gasteiger partial charge on any atom is -0.366 e. The van der Waals surface area contributed by atoms with Crippen molar-refractivity contribution in [2.24, 2.45) is 5.73 Å². The number of primary amides is 1. The molecule has 3 rings (SSSR count). The molecule has 0 radical (unpaired) electrons. The topological polar surface area (TPSA) is 55.1 Å². The normalized spacial score (nSPS) is 12.4. The number of thiophene rings is 1. The highest BCUT2D eigenvalue weighted by Crippen LogP contribution is 2.24. The summed E-state index contributed by atoms with van der Waals surface area (Å²) in [7, 11) is 0. The zero-order chi connectivity index (χ0) is 15.5. The van der Waals surface area contributed by atoms with Crippen LogP contribution < -0.4 is 11.1 Å². The molecule has 0 aliphatic heterocycles. The van der Waals surface area contributed by atoms with E-state index in [4.69, 9.17) is 5.73 Å². The molecule has 0 spiro atoms. The van der Waals surface area contributed by atoms with Gasteiger partial charge in [-0.1, -0.05) is 42.5 Å². The van der Waals surface area contributed by atoms with Gasteiger partial charge < -0.3 is 11.1 Å². The highest BCUT2D eigenvalue weighted by Gasteiger charge is 2.10. The molecule has 1 amide bonds. The monoisotopic (exact) mass is 310 g/mol. The number of carbonyl (C=O) groups is 1. The van der Waals surface area contributed by atoms with Gasteiger partial charge in [-0.15, -0.1) is 11.3 Å². The van der Waals surface area contributed by atoms with Crippen molar-refractivity contribution in [2.45, 2.75) is 19.5 Å². The van der Waals surface area contributed by atoms with Crippen molar-refractivity contribution in [3.05, 3.63) is 69.9 Å². The summed E-state index contributed by atoms with van der Waals surface area (Å²) >= 11 is 1.56. The smallest absolute Gasteiger partial charge is 0.249 e. The summed E-state index contributed by atoms with van der Waals surface area (Å²) in [6, 6.07) is 16.9. The van der Waals surface area contributed by atoms with Gasteiger partial charge in [-0.25, -0.2) is 0 Å². The Hall–Kier alpha value is -2.17. The Morgan fingerprint density at radius 3 is 2.77 bits per heavy atom. The lowest BCUT2D eigenvalue weighted by molar-refractivity contribution is 0.100. The number of hydrogen-bond donors (Lipinski definition) is 2. The van der Waals surface area contributed by atoms with Crippen molar-refractivity contribution in [3.63, 3.8) is 0 Å². The highest BCUT2D eigenvalue weighted by atomic mass is 32.1. The van der Waals surface area contributed by atoms with Gasteiger partial charge in [0, 0.05) is 22.8 Å². The summed E-state index contributed by atoms with van der Waals surface area (Å²) < 4.78 is 0. The van der Waals surface area contributed by atoms with E-state index in [0.717, 1.165) is 11.4 Å². The first-order chi connectivity index (χ1) is 10.6. The number of amides is 1. The van der Waals surface area contributed by atoms with Gasteiger partial charge >= 0.3 is 0 Å². The molecule has 1 atom stereocenters. The summed E-state index contributed by atoms with van der Waals surface area (Å²) in [4.78, 5) is 12.2. The second-order valence-corrected chi connectivity index (χ2v) is 6.33. The molecule has 1 unspecified atom stereocenters. The van der Waals surface area contributed by atoms with Gasteiger partial charge in [0.2, 0.25) is 5.91 Å². The van der Waals surface area contributed by atoms with Crippen molar-refractivity contribution in [3.8, 4) is 0 Å². The fourth-order valence-electron chi connectivity index (χ4n) is 2.59. The lowest BCUT2D eigenvalue weighted by atomic mass is 10.00. The molecule has 3 aromatic rings. The molecule has 1 aromatic heterocycles. The molecule has 0 aliphatic carbocycles. The molecule has 4 heteroatoms. The third kappa shape index (κ3) is 3.03. The van der Waals surface area contributed by atoms with Gasteiger partial charge in [-0.3, -0.25) is 4.79 Å². The summed E-state index contributed by atoms with van der Waals surface area (Å²) in [5, 5.41) is 7.85. The molecule has 0 fully saturated rings. The van der Waals surface area contributed by atoms with E-state index in [1.54, 1.807) is 11.3 Å². The zero-order valence-corrected chi connectivity index (χ0v) is 13.2. The fraction of sp³-hybridized carbons (Fsp3) is 0.167. The first-order valence-corrected chi connectivity index (χ1v) is 8.11. The van der Waals surface area contributed by atoms with Crippen LogP contribution in [-0.2, 0) is 6.54 Å². The fourth-order valence-corrected chi connectivity index (χ4v) is 3.42. The number of fused-ring (bicyclic) bond motifs is 1. The third-order valence-electron chi connectivity index (χ3n) is 3.81. The Bertz CT molecular complexity index is 804. The van der Waals surface area contributed by atoms with Crippen LogP contribution >= 0.6 is 11.3 Å². The zero-order valence-electron chi connectivity index (χ0n) is 12.4. The van der Waals surface area contributed by atoms with Crippen molar-refractivity contribution in [2.75, 3.05) is 0 Å². The van der Waals surface area contributed by atoms with E-state index in [1.807, 2.05) is 11.4 Å². The van der Waals surface area contributed by atoms with Crippen LogP contribution in [0.15, 0.2) is 53.9 Å². The van der Waals surface area contributed by atoms with E-state index < -0.39 is 0 Å². The van der Waals surface area contributed by atoms with Crippen LogP contribution in [0.2, 0.25) is 0 Å². The first-order valence-electron chi connectivity index (χ1n) is 7.23. The molecule has 22 heavy (non-hydrogen) atoms. The van der Waals surface area contributed by atoms with Gasteiger partial charge in [0.15, 0.2) is 0 Å². The number of rotatable bonds is 5. The standard InChI is InChI=1S/C18H18N2OS/c1-12(20-10-15-9-14(11-22-15)18(19)21)16-8-4-6-13-5-2-3-7-17(13)16/h2-9,11-12,20H,10H2,1H3,(H2,19,21). The minimum atomic E-state index is -0.371. The third-order valence-corrected chi connectivity index (χ3v) is 4.75. The molecule has 0 saturated heterocycles. The maximum absolute atomic E-state index is 11.1. The lowest BCUT2D eigenvalue weighted by Crippen LogP contribution is -2.17. The SMILES string of the molecule is CC(NCc1cc(C(N)=O)cs1)c1cccc2ccccc12. The molecule has 112 valence electrons. The van der Waals surface area contributed by atoms with Crippen LogP contribution in [0.1, 0.15) is 33.8 Å². The Labute approximate surface area is 133 Å². The Morgan fingerprint density at radius 2 is 2.00 bits per heavy atom. The van der Waals surface area contributed by atoms with Gasteiger partial charge in [0.05, 0.1) is 5.56 Å². The highest BCUT2D eigenvalue weighted by molar-refractivity contribution is 7.10. The van der Waals surface area contributed by atoms with Gasteiger partial charge in [-0.05, 0) is 29.3 Å². The number of carbonyl (C=O) groups excluding carboxylic acids is 1. The number of benzene rings is 2. The molecule has 0 saturated carbocycles. The van der Waals surface area contributed by atoms with Crippen molar-refractivity contribution in [1.82, 2.24) is 5.32 Å². The Kier molecular flexibility index (Phi) is 4.22. The summed E-state index contributed by atoms with van der Waals surface area (Å²) in [5.74, 6) is -0.371. The molecule has 2 aromatic carbocycles. The molecule has 3 N–H and O–H groups in total. The quantitative estimate of drug-likeness (QED) is 0.752. The van der Waals surface area contributed by atoms with Crippen molar-refractivity contribution >= 4 is 28.0 Å². The van der Waals surface area contributed by atoms with Crippen LogP contribution in [0.5, 0.6) is 0 Å². The molecule has 0 aliphatic rings. The van der Waals surface area contributed by atoms with Gasteiger partial charge in [0.1, 0.15) is 0 Å². The van der Waals surface area contributed by atoms with Crippen LogP contribution in [0.4, 0.5) is 0 Å². The van der Waals surface area contributed by atoms with E-state index in [1.165, 1.54) is 16.3 Å². The molecule has 3 nitrogen and oxygen atoms in total. The Balaban J connectivity index is 1.75. The van der Waals surface area contributed by atoms with Crippen LogP contribution in [-0.4, -0.2) is 5.91 Å². The predicted molar refractivity (Wildman–Crippen MR) is 92.0 cm³/mol. The second kappa shape index (κ2) is 6.30. The van der Waals surface area contributed by atoms with Crippen molar-refractivity contribution in [1.29, 1.82) is 0 Å². The van der Waals surface area contributed by atoms with E-state index in [0.29, 0.717) is 5.56 Å². The Morgan fingerprint density at radius 1 is 1.23 bits per heavy atom. The summed E-state index contributed by atoms with van der Waals surface area (Å²) in [6.07, 6.45) is 0. The molecule has 1 heterocycles. The predicted octanol–water partition coefficient (Wildman–Crippen LogP) is 3.85. The average molecular weight is 310 g/mol. The van der Waals surface area contributed by atoms with E-state index in [9.17, 15) is 4.79 Å².